The summed E-state index contributed by atoms with van der Waals surface area (Å²) in [6, 6.07) is 0.779. The normalized spacial score (nSPS) is 35.3. The first-order valence-corrected chi connectivity index (χ1v) is 6.09. The summed E-state index contributed by atoms with van der Waals surface area (Å²) in [6.45, 7) is 4.66. The minimum Gasteiger partial charge on any atom is -0.317 e. The number of rotatable bonds is 3. The van der Waals surface area contributed by atoms with Gasteiger partial charge in [0, 0.05) is 6.04 Å². The Morgan fingerprint density at radius 2 is 1.92 bits per heavy atom. The summed E-state index contributed by atoms with van der Waals surface area (Å²) in [4.78, 5) is 0. The molecule has 0 spiro atoms. The van der Waals surface area contributed by atoms with Gasteiger partial charge in [0.15, 0.2) is 0 Å². The van der Waals surface area contributed by atoms with E-state index in [4.69, 9.17) is 0 Å². The molecule has 0 aromatic carbocycles. The molecule has 1 unspecified atom stereocenters. The van der Waals surface area contributed by atoms with Gasteiger partial charge in [-0.2, -0.15) is 0 Å². The van der Waals surface area contributed by atoms with Crippen molar-refractivity contribution in [1.82, 2.24) is 5.32 Å². The largest absolute Gasteiger partial charge is 0.317 e. The molecular weight excluding hydrogens is 177 g/mol. The zero-order valence-corrected chi connectivity index (χ0v) is 10.4. The molecule has 0 heterocycles. The Hall–Kier alpha value is 0.390. The van der Waals surface area contributed by atoms with Crippen LogP contribution in [0.1, 0.15) is 46.0 Å². The van der Waals surface area contributed by atoms with Gasteiger partial charge in [-0.3, -0.25) is 0 Å². The molecule has 1 aliphatic rings. The monoisotopic (exact) mass is 201 g/mol. The molecule has 1 nitrogen and oxygen atoms in total. The zero-order valence-electron chi connectivity index (χ0n) is 9.27. The van der Waals surface area contributed by atoms with Crippen LogP contribution in [0.2, 0.25) is 0 Å². The lowest BCUT2D eigenvalue weighted by Gasteiger charge is -2.38. The molecule has 0 aromatic heterocycles. The molecular formula is C11H24NP. The minimum absolute atomic E-state index is 0.557. The van der Waals surface area contributed by atoms with Crippen LogP contribution in [0.5, 0.6) is 0 Å². The summed E-state index contributed by atoms with van der Waals surface area (Å²) in [7, 11) is 5.20. The third kappa shape index (κ3) is 3.56. The highest BCUT2D eigenvalue weighted by molar-refractivity contribution is 7.19. The van der Waals surface area contributed by atoms with Crippen molar-refractivity contribution in [1.29, 1.82) is 0 Å². The van der Waals surface area contributed by atoms with E-state index in [1.165, 1.54) is 32.1 Å². The smallest absolute Gasteiger partial charge is 0.00647 e. The lowest BCUT2D eigenvalue weighted by atomic mass is 9.80. The van der Waals surface area contributed by atoms with Crippen LogP contribution in [0.25, 0.3) is 0 Å². The van der Waals surface area contributed by atoms with E-state index in [1.54, 1.807) is 0 Å². The van der Waals surface area contributed by atoms with Gasteiger partial charge in [-0.25, -0.2) is 0 Å². The van der Waals surface area contributed by atoms with Gasteiger partial charge in [-0.05, 0) is 50.2 Å². The van der Waals surface area contributed by atoms with Gasteiger partial charge < -0.3 is 5.32 Å². The lowest BCUT2D eigenvalue weighted by Crippen LogP contribution is -2.37. The van der Waals surface area contributed by atoms with Gasteiger partial charge in [0.1, 0.15) is 0 Å². The van der Waals surface area contributed by atoms with Crippen molar-refractivity contribution in [3.63, 3.8) is 0 Å². The van der Waals surface area contributed by atoms with Crippen LogP contribution in [-0.2, 0) is 0 Å². The summed E-state index contributed by atoms with van der Waals surface area (Å²) < 4.78 is 0. The van der Waals surface area contributed by atoms with Crippen molar-refractivity contribution in [3.8, 4) is 0 Å². The highest BCUT2D eigenvalue weighted by Gasteiger charge is 2.30. The fourth-order valence-electron chi connectivity index (χ4n) is 2.50. The maximum Gasteiger partial charge on any atom is 0.00647 e. The first kappa shape index (κ1) is 11.5. The van der Waals surface area contributed by atoms with Gasteiger partial charge in [-0.15, -0.1) is 9.24 Å². The molecule has 0 bridgehead atoms. The number of hydrogen-bond acceptors (Lipinski definition) is 1. The van der Waals surface area contributed by atoms with E-state index in [0.717, 1.165) is 12.0 Å². The van der Waals surface area contributed by atoms with E-state index < -0.39 is 0 Å². The fraction of sp³-hybridized carbons (Fsp3) is 1.00. The van der Waals surface area contributed by atoms with E-state index in [-0.39, 0.29) is 0 Å². The molecule has 0 amide bonds. The molecule has 78 valence electrons. The Labute approximate surface area is 85.3 Å². The molecule has 1 fully saturated rings. The summed E-state index contributed by atoms with van der Waals surface area (Å²) in [6.07, 6.45) is 6.83. The molecule has 1 saturated carbocycles. The van der Waals surface area contributed by atoms with Crippen molar-refractivity contribution in [3.05, 3.63) is 0 Å². The van der Waals surface area contributed by atoms with Crippen molar-refractivity contribution in [2.45, 2.75) is 57.1 Å². The van der Waals surface area contributed by atoms with E-state index in [1.807, 2.05) is 0 Å². The summed E-state index contributed by atoms with van der Waals surface area (Å²) in [5.74, 6) is 0.837. The molecule has 1 atom stereocenters. The van der Waals surface area contributed by atoms with E-state index in [0.29, 0.717) is 5.16 Å². The molecule has 0 radical (unpaired) electrons. The molecule has 1 aliphatic carbocycles. The van der Waals surface area contributed by atoms with Crippen LogP contribution in [0, 0.1) is 5.92 Å². The highest BCUT2D eigenvalue weighted by atomic mass is 31.0. The van der Waals surface area contributed by atoms with Crippen molar-refractivity contribution in [2.75, 3.05) is 7.05 Å². The standard InChI is InChI=1S/C11H24NP/c1-9(2)8-11(13)6-4-10(12-3)5-7-11/h9-10,12H,4-8,13H2,1-3H3/t10-,11+. The van der Waals surface area contributed by atoms with Gasteiger partial charge in [-0.1, -0.05) is 13.8 Å². The SMILES string of the molecule is CN[C@H]1CC[C@](P)(CC(C)C)CC1. The summed E-state index contributed by atoms with van der Waals surface area (Å²) in [5.41, 5.74) is 0. The number of hydrogen-bond donors (Lipinski definition) is 1. The molecule has 0 aliphatic heterocycles. The molecule has 0 aromatic rings. The Bertz CT molecular complexity index is 148. The third-order valence-corrected chi connectivity index (χ3v) is 4.02. The maximum atomic E-state index is 3.39. The van der Waals surface area contributed by atoms with Gasteiger partial charge in [0.05, 0.1) is 0 Å². The minimum atomic E-state index is 0.557. The molecule has 1 N–H and O–H groups in total. The lowest BCUT2D eigenvalue weighted by molar-refractivity contribution is 0.296. The Kier molecular flexibility index (Phi) is 4.19. The van der Waals surface area contributed by atoms with E-state index in [9.17, 15) is 0 Å². The van der Waals surface area contributed by atoms with Gasteiger partial charge >= 0.3 is 0 Å². The predicted molar refractivity (Wildman–Crippen MR) is 63.2 cm³/mol. The van der Waals surface area contributed by atoms with Crippen LogP contribution < -0.4 is 5.32 Å². The molecule has 1 rings (SSSR count). The van der Waals surface area contributed by atoms with E-state index in [2.05, 4.69) is 35.5 Å². The predicted octanol–water partition coefficient (Wildman–Crippen LogP) is 2.81. The van der Waals surface area contributed by atoms with Crippen molar-refractivity contribution in [2.24, 2.45) is 5.92 Å². The highest BCUT2D eigenvalue weighted by Crippen LogP contribution is 2.40. The first-order chi connectivity index (χ1) is 6.06. The van der Waals surface area contributed by atoms with Gasteiger partial charge in [0.25, 0.3) is 0 Å². The third-order valence-electron chi connectivity index (χ3n) is 3.20. The van der Waals surface area contributed by atoms with Gasteiger partial charge in [0.2, 0.25) is 0 Å². The Morgan fingerprint density at radius 1 is 1.38 bits per heavy atom. The van der Waals surface area contributed by atoms with E-state index >= 15 is 0 Å². The average Bonchev–Trinajstić information content (AvgIpc) is 2.04. The Morgan fingerprint density at radius 3 is 2.31 bits per heavy atom. The zero-order chi connectivity index (χ0) is 9.90. The second kappa shape index (κ2) is 4.75. The second-order valence-corrected chi connectivity index (χ2v) is 6.25. The molecule has 13 heavy (non-hydrogen) atoms. The topological polar surface area (TPSA) is 12.0 Å². The van der Waals surface area contributed by atoms with Crippen molar-refractivity contribution >= 4 is 9.24 Å². The first-order valence-electron chi connectivity index (χ1n) is 5.52. The van der Waals surface area contributed by atoms with Crippen molar-refractivity contribution < 1.29 is 0 Å². The van der Waals surface area contributed by atoms with Crippen LogP contribution >= 0.6 is 9.24 Å². The summed E-state index contributed by atoms with van der Waals surface area (Å²) in [5, 5.41) is 3.94. The second-order valence-electron chi connectivity index (χ2n) is 5.02. The van der Waals surface area contributed by atoms with Crippen LogP contribution in [0.3, 0.4) is 0 Å². The molecule has 0 saturated heterocycles. The quantitative estimate of drug-likeness (QED) is 0.692. The van der Waals surface area contributed by atoms with Crippen LogP contribution in [0.15, 0.2) is 0 Å². The van der Waals surface area contributed by atoms with Crippen LogP contribution in [-0.4, -0.2) is 18.2 Å². The molecule has 2 heteroatoms. The fourth-order valence-corrected chi connectivity index (χ4v) is 3.30. The number of nitrogens with one attached hydrogen (secondary N) is 1. The average molecular weight is 201 g/mol. The Balaban J connectivity index is 2.37. The van der Waals surface area contributed by atoms with Crippen LogP contribution in [0.4, 0.5) is 0 Å². The summed E-state index contributed by atoms with van der Waals surface area (Å²) >= 11 is 0. The maximum absolute atomic E-state index is 3.39.